The van der Waals surface area contributed by atoms with Gasteiger partial charge in [-0.25, -0.2) is 0 Å². The third kappa shape index (κ3) is 12.4. The van der Waals surface area contributed by atoms with Gasteiger partial charge in [-0.3, -0.25) is 0 Å². The third-order valence-electron chi connectivity index (χ3n) is 3.43. The second-order valence-corrected chi connectivity index (χ2v) is 5.29. The minimum Gasteiger partial charge on any atom is -0.394 e. The second kappa shape index (κ2) is 15.0. The Balaban J connectivity index is 3.23. The van der Waals surface area contributed by atoms with E-state index in [1.54, 1.807) is 0 Å². The lowest BCUT2D eigenvalue weighted by Crippen LogP contribution is -2.18. The zero-order valence-electron chi connectivity index (χ0n) is 12.6. The number of aliphatic hydroxyl groups is 1. The maximum atomic E-state index is 9.20. The molecule has 0 rings (SSSR count). The van der Waals surface area contributed by atoms with Crippen molar-refractivity contribution in [1.82, 2.24) is 0 Å². The molecule has 110 valence electrons. The molecule has 0 aliphatic heterocycles. The topological polar surface area (TPSA) is 29.5 Å². The molecule has 0 radical (unpaired) electrons. The van der Waals surface area contributed by atoms with Gasteiger partial charge in [0.25, 0.3) is 0 Å². The molecule has 2 nitrogen and oxygen atoms in total. The first-order valence-electron chi connectivity index (χ1n) is 8.07. The Labute approximate surface area is 114 Å². The highest BCUT2D eigenvalue weighted by Crippen LogP contribution is 2.12. The number of aliphatic hydroxyl groups excluding tert-OH is 1. The molecule has 0 aromatic heterocycles. The summed E-state index contributed by atoms with van der Waals surface area (Å²) >= 11 is 0. The summed E-state index contributed by atoms with van der Waals surface area (Å²) in [5, 5.41) is 9.20. The Morgan fingerprint density at radius 3 is 1.89 bits per heavy atom. The fourth-order valence-corrected chi connectivity index (χ4v) is 2.13. The van der Waals surface area contributed by atoms with Crippen LogP contribution in [-0.2, 0) is 4.74 Å². The molecule has 0 aromatic rings. The number of hydrogen-bond acceptors (Lipinski definition) is 2. The van der Waals surface area contributed by atoms with Crippen LogP contribution in [-0.4, -0.2) is 24.4 Å². The lowest BCUT2D eigenvalue weighted by molar-refractivity contribution is 0.00549. The van der Waals surface area contributed by atoms with Gasteiger partial charge in [0, 0.05) is 6.61 Å². The van der Waals surface area contributed by atoms with Crippen LogP contribution in [0.25, 0.3) is 0 Å². The van der Waals surface area contributed by atoms with Crippen molar-refractivity contribution >= 4 is 0 Å². The summed E-state index contributed by atoms with van der Waals surface area (Å²) in [6.45, 7) is 5.41. The summed E-state index contributed by atoms with van der Waals surface area (Å²) in [5.74, 6) is 0. The molecule has 0 saturated carbocycles. The van der Waals surface area contributed by atoms with Gasteiger partial charge in [0.15, 0.2) is 0 Å². The van der Waals surface area contributed by atoms with E-state index in [0.717, 1.165) is 25.9 Å². The Morgan fingerprint density at radius 2 is 1.33 bits per heavy atom. The van der Waals surface area contributed by atoms with E-state index in [1.807, 2.05) is 0 Å². The minimum atomic E-state index is 0.0802. The van der Waals surface area contributed by atoms with Crippen LogP contribution in [0.1, 0.15) is 84.5 Å². The molecule has 2 heteroatoms. The molecule has 1 N–H and O–H groups in total. The average Bonchev–Trinajstić information content (AvgIpc) is 2.40. The normalized spacial score (nSPS) is 12.8. The molecule has 0 fully saturated rings. The van der Waals surface area contributed by atoms with Crippen molar-refractivity contribution in [1.29, 1.82) is 0 Å². The van der Waals surface area contributed by atoms with Gasteiger partial charge in [-0.05, 0) is 12.8 Å². The van der Waals surface area contributed by atoms with Crippen LogP contribution < -0.4 is 0 Å². The Hall–Kier alpha value is -0.0800. The summed E-state index contributed by atoms with van der Waals surface area (Å²) in [4.78, 5) is 0. The van der Waals surface area contributed by atoms with E-state index in [0.29, 0.717) is 0 Å². The van der Waals surface area contributed by atoms with E-state index in [1.165, 1.54) is 51.4 Å². The van der Waals surface area contributed by atoms with Crippen LogP contribution in [0.2, 0.25) is 0 Å². The maximum Gasteiger partial charge on any atom is 0.0805 e. The SMILES string of the molecule is CCCCCCCCCC[C@@H](CO)OCCCC. The van der Waals surface area contributed by atoms with E-state index in [4.69, 9.17) is 4.74 Å². The fraction of sp³-hybridized carbons (Fsp3) is 1.00. The van der Waals surface area contributed by atoms with Crippen molar-refractivity contribution in [2.24, 2.45) is 0 Å². The predicted molar refractivity (Wildman–Crippen MR) is 79.0 cm³/mol. The largest absolute Gasteiger partial charge is 0.394 e. The summed E-state index contributed by atoms with van der Waals surface area (Å²) in [6, 6.07) is 0. The van der Waals surface area contributed by atoms with Gasteiger partial charge in [0.2, 0.25) is 0 Å². The molecule has 0 heterocycles. The molecule has 18 heavy (non-hydrogen) atoms. The van der Waals surface area contributed by atoms with Crippen molar-refractivity contribution in [2.45, 2.75) is 90.6 Å². The Kier molecular flexibility index (Phi) is 14.9. The van der Waals surface area contributed by atoms with Crippen molar-refractivity contribution in [3.05, 3.63) is 0 Å². The van der Waals surface area contributed by atoms with Gasteiger partial charge in [-0.2, -0.15) is 0 Å². The summed E-state index contributed by atoms with van der Waals surface area (Å²) in [5.41, 5.74) is 0. The van der Waals surface area contributed by atoms with Gasteiger partial charge >= 0.3 is 0 Å². The van der Waals surface area contributed by atoms with Crippen molar-refractivity contribution in [2.75, 3.05) is 13.2 Å². The summed E-state index contributed by atoms with van der Waals surface area (Å²) < 4.78 is 5.64. The molecule has 0 saturated heterocycles. The molecule has 0 unspecified atom stereocenters. The van der Waals surface area contributed by atoms with E-state index >= 15 is 0 Å². The molecule has 0 amide bonds. The molecule has 0 aromatic carbocycles. The van der Waals surface area contributed by atoms with Gasteiger partial charge in [0.1, 0.15) is 0 Å². The Morgan fingerprint density at radius 1 is 0.778 bits per heavy atom. The Bertz CT molecular complexity index is 148. The van der Waals surface area contributed by atoms with Crippen LogP contribution in [0, 0.1) is 0 Å². The maximum absolute atomic E-state index is 9.20. The molecule has 0 spiro atoms. The lowest BCUT2D eigenvalue weighted by atomic mass is 10.1. The number of hydrogen-bond donors (Lipinski definition) is 1. The van der Waals surface area contributed by atoms with E-state index < -0.39 is 0 Å². The van der Waals surface area contributed by atoms with E-state index in [2.05, 4.69) is 13.8 Å². The summed E-state index contributed by atoms with van der Waals surface area (Å²) in [6.07, 6.45) is 14.1. The molecule has 0 aliphatic carbocycles. The first-order chi connectivity index (χ1) is 8.85. The van der Waals surface area contributed by atoms with Gasteiger partial charge < -0.3 is 9.84 Å². The van der Waals surface area contributed by atoms with Crippen molar-refractivity contribution < 1.29 is 9.84 Å². The van der Waals surface area contributed by atoms with Crippen molar-refractivity contribution in [3.8, 4) is 0 Å². The first kappa shape index (κ1) is 17.9. The first-order valence-corrected chi connectivity index (χ1v) is 8.07. The molecule has 0 aliphatic rings. The minimum absolute atomic E-state index is 0.0802. The monoisotopic (exact) mass is 258 g/mol. The van der Waals surface area contributed by atoms with Crippen LogP contribution in [0.15, 0.2) is 0 Å². The van der Waals surface area contributed by atoms with Gasteiger partial charge in [-0.15, -0.1) is 0 Å². The highest BCUT2D eigenvalue weighted by atomic mass is 16.5. The highest BCUT2D eigenvalue weighted by molar-refractivity contribution is 4.57. The fourth-order valence-electron chi connectivity index (χ4n) is 2.13. The van der Waals surface area contributed by atoms with Gasteiger partial charge in [-0.1, -0.05) is 71.6 Å². The predicted octanol–water partition coefficient (Wildman–Crippen LogP) is 4.69. The molecular formula is C16H34O2. The van der Waals surface area contributed by atoms with Crippen LogP contribution in [0.5, 0.6) is 0 Å². The molecule has 1 atom stereocenters. The molecular weight excluding hydrogens is 224 g/mol. The number of ether oxygens (including phenoxy) is 1. The van der Waals surface area contributed by atoms with Gasteiger partial charge in [0.05, 0.1) is 12.7 Å². The quantitative estimate of drug-likeness (QED) is 0.458. The zero-order chi connectivity index (χ0) is 13.5. The van der Waals surface area contributed by atoms with Crippen LogP contribution >= 0.6 is 0 Å². The average molecular weight is 258 g/mol. The smallest absolute Gasteiger partial charge is 0.0805 e. The zero-order valence-corrected chi connectivity index (χ0v) is 12.6. The highest BCUT2D eigenvalue weighted by Gasteiger charge is 2.06. The number of unbranched alkanes of at least 4 members (excludes halogenated alkanes) is 8. The van der Waals surface area contributed by atoms with E-state index in [-0.39, 0.29) is 12.7 Å². The van der Waals surface area contributed by atoms with Crippen LogP contribution in [0.4, 0.5) is 0 Å². The van der Waals surface area contributed by atoms with E-state index in [9.17, 15) is 5.11 Å². The second-order valence-electron chi connectivity index (χ2n) is 5.29. The molecule has 0 bridgehead atoms. The van der Waals surface area contributed by atoms with Crippen LogP contribution in [0.3, 0.4) is 0 Å². The third-order valence-corrected chi connectivity index (χ3v) is 3.43. The lowest BCUT2D eigenvalue weighted by Gasteiger charge is -2.15. The number of rotatable bonds is 14. The standard InChI is InChI=1S/C16H34O2/c1-3-5-7-8-9-10-11-12-13-16(15-17)18-14-6-4-2/h16-17H,3-15H2,1-2H3/t16-/m0/s1. The van der Waals surface area contributed by atoms with Crippen molar-refractivity contribution in [3.63, 3.8) is 0 Å². The summed E-state index contributed by atoms with van der Waals surface area (Å²) in [7, 11) is 0.